The van der Waals surface area contributed by atoms with E-state index in [4.69, 9.17) is 9.15 Å². The van der Waals surface area contributed by atoms with E-state index in [0.29, 0.717) is 17.3 Å². The summed E-state index contributed by atoms with van der Waals surface area (Å²) in [5.74, 6) is -0.418. The highest BCUT2D eigenvalue weighted by Crippen LogP contribution is 2.24. The van der Waals surface area contributed by atoms with Crippen LogP contribution >= 0.6 is 0 Å². The van der Waals surface area contributed by atoms with Crippen LogP contribution in [0.5, 0.6) is 5.75 Å². The molecule has 134 valence electrons. The van der Waals surface area contributed by atoms with Gasteiger partial charge in [-0.1, -0.05) is 0 Å². The number of nitrogens with zero attached hydrogens (tertiary/aromatic N) is 1. The first-order valence-electron chi connectivity index (χ1n) is 7.89. The number of oxazole rings is 1. The number of anilines is 1. The van der Waals surface area contributed by atoms with Gasteiger partial charge in [-0.15, -0.1) is 0 Å². The van der Waals surface area contributed by atoms with E-state index in [9.17, 15) is 13.6 Å². The first-order valence-corrected chi connectivity index (χ1v) is 7.89. The second kappa shape index (κ2) is 7.77. The fraction of sp³-hybridized carbons (Fsp3) is 0.158. The van der Waals surface area contributed by atoms with Gasteiger partial charge in [-0.25, -0.2) is 13.8 Å². The number of amides is 1. The maximum Gasteiger partial charge on any atom is 0.224 e. The van der Waals surface area contributed by atoms with Gasteiger partial charge in [0.05, 0.1) is 18.9 Å². The van der Waals surface area contributed by atoms with Crippen LogP contribution < -0.4 is 10.1 Å². The molecule has 5 nitrogen and oxygen atoms in total. The Morgan fingerprint density at radius 2 is 1.96 bits per heavy atom. The Hall–Kier alpha value is -3.22. The molecule has 0 spiro atoms. The molecule has 0 bridgehead atoms. The van der Waals surface area contributed by atoms with Crippen molar-refractivity contribution in [1.82, 2.24) is 4.98 Å². The van der Waals surface area contributed by atoms with Crippen molar-refractivity contribution in [3.63, 3.8) is 0 Å². The van der Waals surface area contributed by atoms with Gasteiger partial charge in [0.25, 0.3) is 0 Å². The van der Waals surface area contributed by atoms with Gasteiger partial charge in [0.1, 0.15) is 17.4 Å². The van der Waals surface area contributed by atoms with E-state index in [1.807, 2.05) is 0 Å². The van der Waals surface area contributed by atoms with Gasteiger partial charge in [-0.3, -0.25) is 4.79 Å². The number of nitrogens with one attached hydrogen (secondary N) is 1. The Bertz CT molecular complexity index is 907. The quantitative estimate of drug-likeness (QED) is 0.717. The number of rotatable bonds is 6. The third-order valence-electron chi connectivity index (χ3n) is 3.69. The van der Waals surface area contributed by atoms with Crippen molar-refractivity contribution in [3.05, 3.63) is 66.2 Å². The summed E-state index contributed by atoms with van der Waals surface area (Å²) < 4.78 is 37.2. The fourth-order valence-electron chi connectivity index (χ4n) is 2.36. The minimum Gasteiger partial charge on any atom is -0.497 e. The van der Waals surface area contributed by atoms with E-state index in [0.717, 1.165) is 12.1 Å². The summed E-state index contributed by atoms with van der Waals surface area (Å²) in [7, 11) is 1.57. The summed E-state index contributed by atoms with van der Waals surface area (Å²) in [6.45, 7) is 0. The minimum absolute atomic E-state index is 0.118. The van der Waals surface area contributed by atoms with Gasteiger partial charge in [-0.2, -0.15) is 0 Å². The van der Waals surface area contributed by atoms with E-state index in [-0.39, 0.29) is 30.1 Å². The zero-order valence-electron chi connectivity index (χ0n) is 14.0. The van der Waals surface area contributed by atoms with Gasteiger partial charge in [0, 0.05) is 24.6 Å². The highest BCUT2D eigenvalue weighted by atomic mass is 19.1. The van der Waals surface area contributed by atoms with Crippen LogP contribution in [0.4, 0.5) is 14.5 Å². The number of halogens is 2. The van der Waals surface area contributed by atoms with E-state index in [1.54, 1.807) is 31.4 Å². The standard InChI is InChI=1S/C19H16F2N2O3/c1-25-14-5-3-13(4-6-14)23-18(24)8-9-19-22-11-17(26-19)15-7-2-12(20)10-16(15)21/h2-7,10-11H,8-9H2,1H3,(H,23,24). The molecule has 0 fully saturated rings. The molecule has 3 rings (SSSR count). The zero-order chi connectivity index (χ0) is 18.5. The van der Waals surface area contributed by atoms with Crippen LogP contribution in [-0.2, 0) is 11.2 Å². The van der Waals surface area contributed by atoms with Gasteiger partial charge >= 0.3 is 0 Å². The molecule has 0 aliphatic heterocycles. The third-order valence-corrected chi connectivity index (χ3v) is 3.69. The van der Waals surface area contributed by atoms with Crippen LogP contribution in [0.15, 0.2) is 53.1 Å². The van der Waals surface area contributed by atoms with Crippen LogP contribution in [0.25, 0.3) is 11.3 Å². The summed E-state index contributed by atoms with van der Waals surface area (Å²) in [5, 5.41) is 2.75. The lowest BCUT2D eigenvalue weighted by Crippen LogP contribution is -2.12. The molecule has 0 aliphatic rings. The molecular weight excluding hydrogens is 342 g/mol. The Morgan fingerprint density at radius 1 is 1.19 bits per heavy atom. The second-order valence-corrected chi connectivity index (χ2v) is 5.52. The van der Waals surface area contributed by atoms with Crippen molar-refractivity contribution in [2.45, 2.75) is 12.8 Å². The van der Waals surface area contributed by atoms with Gasteiger partial charge in [0.15, 0.2) is 11.7 Å². The lowest BCUT2D eigenvalue weighted by atomic mass is 10.2. The van der Waals surface area contributed by atoms with E-state index in [2.05, 4.69) is 10.3 Å². The molecule has 1 amide bonds. The summed E-state index contributed by atoms with van der Waals surface area (Å²) in [6, 6.07) is 10.2. The van der Waals surface area contributed by atoms with Gasteiger partial charge < -0.3 is 14.5 Å². The van der Waals surface area contributed by atoms with Crippen LogP contribution in [-0.4, -0.2) is 18.0 Å². The average Bonchev–Trinajstić information content (AvgIpc) is 3.09. The SMILES string of the molecule is COc1ccc(NC(=O)CCc2ncc(-c3ccc(F)cc3F)o2)cc1. The number of ether oxygens (including phenoxy) is 1. The number of carbonyl (C=O) groups is 1. The van der Waals surface area contributed by atoms with Crippen molar-refractivity contribution in [2.24, 2.45) is 0 Å². The molecule has 1 heterocycles. The number of hydrogen-bond acceptors (Lipinski definition) is 4. The van der Waals surface area contributed by atoms with E-state index < -0.39 is 11.6 Å². The molecule has 1 aromatic heterocycles. The van der Waals surface area contributed by atoms with Crippen molar-refractivity contribution >= 4 is 11.6 Å². The minimum atomic E-state index is -0.732. The lowest BCUT2D eigenvalue weighted by Gasteiger charge is -2.05. The zero-order valence-corrected chi connectivity index (χ0v) is 14.0. The normalized spacial score (nSPS) is 10.6. The Labute approximate surface area is 148 Å². The maximum absolute atomic E-state index is 13.8. The van der Waals surface area contributed by atoms with Crippen LogP contribution in [0.3, 0.4) is 0 Å². The molecule has 0 saturated carbocycles. The number of carbonyl (C=O) groups excluding carboxylic acids is 1. The summed E-state index contributed by atoms with van der Waals surface area (Å²) in [5.41, 5.74) is 0.769. The molecule has 7 heteroatoms. The fourth-order valence-corrected chi connectivity index (χ4v) is 2.36. The Kier molecular flexibility index (Phi) is 5.26. The monoisotopic (exact) mass is 358 g/mol. The molecule has 0 radical (unpaired) electrons. The topological polar surface area (TPSA) is 64.4 Å². The second-order valence-electron chi connectivity index (χ2n) is 5.52. The number of methoxy groups -OCH3 is 1. The van der Waals surface area contributed by atoms with E-state index >= 15 is 0 Å². The Morgan fingerprint density at radius 3 is 2.65 bits per heavy atom. The lowest BCUT2D eigenvalue weighted by molar-refractivity contribution is -0.116. The van der Waals surface area contributed by atoms with Crippen molar-refractivity contribution in [3.8, 4) is 17.1 Å². The molecular formula is C19H16F2N2O3. The number of hydrogen-bond donors (Lipinski definition) is 1. The average molecular weight is 358 g/mol. The predicted octanol–water partition coefficient (Wildman–Crippen LogP) is 4.20. The molecule has 0 atom stereocenters. The number of aryl methyl sites for hydroxylation is 1. The Balaban J connectivity index is 1.58. The molecule has 2 aromatic carbocycles. The van der Waals surface area contributed by atoms with Gasteiger partial charge in [0.2, 0.25) is 5.91 Å². The summed E-state index contributed by atoms with van der Waals surface area (Å²) in [6.07, 6.45) is 1.76. The summed E-state index contributed by atoms with van der Waals surface area (Å²) in [4.78, 5) is 16.0. The molecule has 0 saturated heterocycles. The molecule has 26 heavy (non-hydrogen) atoms. The molecule has 0 aliphatic carbocycles. The molecule has 1 N–H and O–H groups in total. The number of aromatic nitrogens is 1. The highest BCUT2D eigenvalue weighted by molar-refractivity contribution is 5.90. The largest absolute Gasteiger partial charge is 0.497 e. The predicted molar refractivity (Wildman–Crippen MR) is 91.8 cm³/mol. The van der Waals surface area contributed by atoms with Crippen LogP contribution in [0, 0.1) is 11.6 Å². The van der Waals surface area contributed by atoms with Gasteiger partial charge in [-0.05, 0) is 36.4 Å². The van der Waals surface area contributed by atoms with Crippen LogP contribution in [0.2, 0.25) is 0 Å². The molecule has 3 aromatic rings. The third kappa shape index (κ3) is 4.24. The first-order chi connectivity index (χ1) is 12.5. The highest BCUT2D eigenvalue weighted by Gasteiger charge is 2.13. The smallest absolute Gasteiger partial charge is 0.224 e. The van der Waals surface area contributed by atoms with Crippen molar-refractivity contribution in [1.29, 1.82) is 0 Å². The summed E-state index contributed by atoms with van der Waals surface area (Å²) >= 11 is 0. The maximum atomic E-state index is 13.8. The molecule has 0 unspecified atom stereocenters. The number of benzene rings is 2. The van der Waals surface area contributed by atoms with Crippen molar-refractivity contribution in [2.75, 3.05) is 12.4 Å². The first kappa shape index (κ1) is 17.6. The van der Waals surface area contributed by atoms with Crippen molar-refractivity contribution < 1.29 is 22.7 Å². The van der Waals surface area contributed by atoms with Crippen LogP contribution in [0.1, 0.15) is 12.3 Å². The van der Waals surface area contributed by atoms with E-state index in [1.165, 1.54) is 12.3 Å².